The number of carbonyl (C=O) groups excluding carboxylic acids is 3. The largest absolute Gasteiger partial charge is 0.444 e. The number of ether oxygens (including phenoxy) is 1. The molecular formula is C20H31N3O4. The minimum atomic E-state index is -0.566. The molecule has 3 amide bonds. The topological polar surface area (TPSA) is 96.5 Å². The van der Waals surface area contributed by atoms with Crippen LogP contribution in [0.4, 0.5) is 4.79 Å². The van der Waals surface area contributed by atoms with Crippen molar-refractivity contribution in [2.45, 2.75) is 52.6 Å². The second-order valence-corrected chi connectivity index (χ2v) is 7.37. The van der Waals surface area contributed by atoms with Gasteiger partial charge in [-0.1, -0.05) is 29.8 Å². The van der Waals surface area contributed by atoms with Crippen LogP contribution in [0.2, 0.25) is 0 Å². The molecule has 0 aliphatic carbocycles. The van der Waals surface area contributed by atoms with Crippen LogP contribution in [0.3, 0.4) is 0 Å². The van der Waals surface area contributed by atoms with Crippen LogP contribution in [-0.2, 0) is 20.7 Å². The van der Waals surface area contributed by atoms with Gasteiger partial charge in [0.15, 0.2) is 0 Å². The quantitative estimate of drug-likeness (QED) is 0.574. The molecule has 7 heteroatoms. The molecule has 0 saturated carbocycles. The average Bonchev–Trinajstić information content (AvgIpc) is 2.55. The van der Waals surface area contributed by atoms with Crippen LogP contribution in [0.5, 0.6) is 0 Å². The van der Waals surface area contributed by atoms with Crippen molar-refractivity contribution in [3.05, 3.63) is 35.4 Å². The lowest BCUT2D eigenvalue weighted by atomic mass is 10.1. The van der Waals surface area contributed by atoms with Crippen molar-refractivity contribution in [3.8, 4) is 0 Å². The third-order valence-corrected chi connectivity index (χ3v) is 3.51. The summed E-state index contributed by atoms with van der Waals surface area (Å²) in [6.07, 6.45) is 0.713. The van der Waals surface area contributed by atoms with Crippen molar-refractivity contribution < 1.29 is 19.1 Å². The highest BCUT2D eigenvalue weighted by Crippen LogP contribution is 2.07. The zero-order valence-electron chi connectivity index (χ0n) is 16.7. The van der Waals surface area contributed by atoms with E-state index in [1.807, 2.05) is 25.1 Å². The molecule has 0 bridgehead atoms. The van der Waals surface area contributed by atoms with Gasteiger partial charge in [0.2, 0.25) is 11.8 Å². The van der Waals surface area contributed by atoms with E-state index in [0.717, 1.165) is 5.56 Å². The zero-order chi connectivity index (χ0) is 20.3. The van der Waals surface area contributed by atoms with Crippen LogP contribution in [-0.4, -0.2) is 43.1 Å². The van der Waals surface area contributed by atoms with Gasteiger partial charge in [0.05, 0.1) is 0 Å². The van der Waals surface area contributed by atoms with E-state index in [1.54, 1.807) is 20.8 Å². The molecule has 1 aromatic rings. The van der Waals surface area contributed by atoms with E-state index in [9.17, 15) is 14.4 Å². The molecule has 0 heterocycles. The van der Waals surface area contributed by atoms with Crippen LogP contribution in [0.25, 0.3) is 0 Å². The van der Waals surface area contributed by atoms with Gasteiger partial charge in [0, 0.05) is 32.5 Å². The number of hydrogen-bond acceptors (Lipinski definition) is 4. The Morgan fingerprint density at radius 3 is 2.15 bits per heavy atom. The number of nitrogens with one attached hydrogen (secondary N) is 3. The third kappa shape index (κ3) is 11.6. The molecule has 0 saturated heterocycles. The minimum absolute atomic E-state index is 0.0441. The Bertz CT molecular complexity index is 638. The maximum atomic E-state index is 11.8. The molecule has 150 valence electrons. The lowest BCUT2D eigenvalue weighted by molar-refractivity contribution is -0.122. The van der Waals surface area contributed by atoms with E-state index in [-0.39, 0.29) is 24.8 Å². The highest BCUT2D eigenvalue weighted by Gasteiger charge is 2.15. The maximum absolute atomic E-state index is 11.8. The Hall–Kier alpha value is -2.57. The molecule has 0 aromatic heterocycles. The van der Waals surface area contributed by atoms with Crippen molar-refractivity contribution in [2.75, 3.05) is 19.6 Å². The fraction of sp³-hybridized carbons (Fsp3) is 0.550. The summed E-state index contributed by atoms with van der Waals surface area (Å²) in [6, 6.07) is 8.08. The normalized spacial score (nSPS) is 10.8. The van der Waals surface area contributed by atoms with E-state index in [0.29, 0.717) is 25.9 Å². The molecule has 0 spiro atoms. The van der Waals surface area contributed by atoms with Crippen LogP contribution in [0.1, 0.15) is 44.7 Å². The Balaban J connectivity index is 2.07. The summed E-state index contributed by atoms with van der Waals surface area (Å²) < 4.78 is 5.08. The van der Waals surface area contributed by atoms with Crippen molar-refractivity contribution in [1.82, 2.24) is 16.0 Å². The van der Waals surface area contributed by atoms with E-state index in [4.69, 9.17) is 4.74 Å². The molecule has 0 fully saturated rings. The van der Waals surface area contributed by atoms with Crippen molar-refractivity contribution in [1.29, 1.82) is 0 Å². The SMILES string of the molecule is Cc1cccc(CCC(=O)NCCNC(=O)CCNC(=O)OC(C)(C)C)c1. The lowest BCUT2D eigenvalue weighted by Gasteiger charge is -2.19. The first kappa shape index (κ1) is 22.5. The predicted molar refractivity (Wildman–Crippen MR) is 104 cm³/mol. The molecule has 3 N–H and O–H groups in total. The number of hydrogen-bond donors (Lipinski definition) is 3. The Labute approximate surface area is 161 Å². The number of rotatable bonds is 9. The summed E-state index contributed by atoms with van der Waals surface area (Å²) in [4.78, 5) is 34.9. The fourth-order valence-electron chi connectivity index (χ4n) is 2.30. The molecule has 0 aliphatic heterocycles. The van der Waals surface area contributed by atoms with Crippen LogP contribution >= 0.6 is 0 Å². The summed E-state index contributed by atoms with van der Waals surface area (Å²) in [5.41, 5.74) is 1.75. The van der Waals surface area contributed by atoms with Gasteiger partial charge in [-0.25, -0.2) is 4.79 Å². The number of aryl methyl sites for hydroxylation is 2. The summed E-state index contributed by atoms with van der Waals surface area (Å²) in [5, 5.41) is 8.00. The second-order valence-electron chi connectivity index (χ2n) is 7.37. The van der Waals surface area contributed by atoms with Crippen LogP contribution in [0.15, 0.2) is 24.3 Å². The fourth-order valence-corrected chi connectivity index (χ4v) is 2.30. The van der Waals surface area contributed by atoms with Gasteiger partial charge in [0.1, 0.15) is 5.60 Å². The molecule has 0 radical (unpaired) electrons. The molecule has 7 nitrogen and oxygen atoms in total. The summed E-state index contributed by atoms with van der Waals surface area (Å²) in [6.45, 7) is 8.26. The summed E-state index contributed by atoms with van der Waals surface area (Å²) in [7, 11) is 0. The maximum Gasteiger partial charge on any atom is 0.407 e. The number of carbonyl (C=O) groups is 3. The zero-order valence-corrected chi connectivity index (χ0v) is 16.7. The molecule has 27 heavy (non-hydrogen) atoms. The van der Waals surface area contributed by atoms with Gasteiger partial charge in [-0.15, -0.1) is 0 Å². The molecule has 1 aromatic carbocycles. The average molecular weight is 377 g/mol. The first-order valence-corrected chi connectivity index (χ1v) is 9.21. The monoisotopic (exact) mass is 377 g/mol. The Morgan fingerprint density at radius 2 is 1.56 bits per heavy atom. The molecule has 0 atom stereocenters. The van der Waals surface area contributed by atoms with Gasteiger partial charge in [-0.2, -0.15) is 0 Å². The smallest absolute Gasteiger partial charge is 0.407 e. The molecule has 1 rings (SSSR count). The van der Waals surface area contributed by atoms with Gasteiger partial charge in [-0.3, -0.25) is 9.59 Å². The van der Waals surface area contributed by atoms with Crippen molar-refractivity contribution in [2.24, 2.45) is 0 Å². The highest BCUT2D eigenvalue weighted by atomic mass is 16.6. The van der Waals surface area contributed by atoms with E-state index < -0.39 is 11.7 Å². The predicted octanol–water partition coefficient (Wildman–Crippen LogP) is 2.07. The molecular weight excluding hydrogens is 346 g/mol. The number of benzene rings is 1. The molecule has 0 aliphatic rings. The lowest BCUT2D eigenvalue weighted by Crippen LogP contribution is -2.37. The van der Waals surface area contributed by atoms with Gasteiger partial charge in [-0.05, 0) is 39.7 Å². The van der Waals surface area contributed by atoms with Gasteiger partial charge >= 0.3 is 6.09 Å². The number of alkyl carbamates (subject to hydrolysis) is 1. The van der Waals surface area contributed by atoms with E-state index in [2.05, 4.69) is 22.0 Å². The number of amides is 3. The second kappa shape index (κ2) is 11.2. The highest BCUT2D eigenvalue weighted by molar-refractivity contribution is 5.77. The van der Waals surface area contributed by atoms with Gasteiger partial charge in [0.25, 0.3) is 0 Å². The van der Waals surface area contributed by atoms with Crippen molar-refractivity contribution >= 4 is 17.9 Å². The van der Waals surface area contributed by atoms with E-state index >= 15 is 0 Å². The first-order valence-electron chi connectivity index (χ1n) is 9.21. The van der Waals surface area contributed by atoms with E-state index in [1.165, 1.54) is 5.56 Å². The Kier molecular flexibility index (Phi) is 9.33. The first-order chi connectivity index (χ1) is 12.7. The summed E-state index contributed by atoms with van der Waals surface area (Å²) >= 11 is 0. The molecule has 0 unspecified atom stereocenters. The van der Waals surface area contributed by atoms with Gasteiger partial charge < -0.3 is 20.7 Å². The minimum Gasteiger partial charge on any atom is -0.444 e. The van der Waals surface area contributed by atoms with Crippen LogP contribution in [0, 0.1) is 6.92 Å². The standard InChI is InChI=1S/C20H31N3O4/c1-15-6-5-7-16(14-15)8-9-17(24)21-12-13-22-18(25)10-11-23-19(26)27-20(2,3)4/h5-7,14H,8-13H2,1-4H3,(H,21,24)(H,22,25)(H,23,26). The van der Waals surface area contributed by atoms with Crippen molar-refractivity contribution in [3.63, 3.8) is 0 Å². The summed E-state index contributed by atoms with van der Waals surface area (Å²) in [5.74, 6) is -0.239. The van der Waals surface area contributed by atoms with Crippen LogP contribution < -0.4 is 16.0 Å². The Morgan fingerprint density at radius 1 is 0.926 bits per heavy atom. The third-order valence-electron chi connectivity index (χ3n) is 3.51.